The average molecular weight is 262 g/mol. The molecule has 1 heterocycles. The molecule has 0 spiro atoms. The first-order valence-corrected chi connectivity index (χ1v) is 5.99. The smallest absolute Gasteiger partial charge is 0.418 e. The van der Waals surface area contributed by atoms with Crippen LogP contribution in [0.25, 0.3) is 10.8 Å². The predicted octanol–water partition coefficient (Wildman–Crippen LogP) is 3.02. The van der Waals surface area contributed by atoms with Crippen LogP contribution in [-0.4, -0.2) is 23.4 Å². The number of anilines is 1. The second kappa shape index (κ2) is 4.50. The van der Waals surface area contributed by atoms with Gasteiger partial charge in [-0.2, -0.15) is 0 Å². The summed E-state index contributed by atoms with van der Waals surface area (Å²) >= 11 is 0. The molecule has 0 unspecified atom stereocenters. The molecule has 0 saturated heterocycles. The predicted molar refractivity (Wildman–Crippen MR) is 74.5 cm³/mol. The molecule has 5 heteroatoms. The lowest BCUT2D eigenvalue weighted by atomic mass is 10.2. The van der Waals surface area contributed by atoms with E-state index in [-0.39, 0.29) is 0 Å². The number of rotatable bonds is 1. The zero-order valence-electron chi connectivity index (χ0n) is 11.6. The van der Waals surface area contributed by atoms with Gasteiger partial charge in [-0.3, -0.25) is 4.57 Å². The molecule has 0 aliphatic rings. The maximum absolute atomic E-state index is 11.9. The van der Waals surface area contributed by atoms with E-state index in [4.69, 9.17) is 15.2 Å². The van der Waals surface area contributed by atoms with Gasteiger partial charge in [0.1, 0.15) is 11.4 Å². The number of benzene rings is 1. The van der Waals surface area contributed by atoms with Gasteiger partial charge in [-0.1, -0.05) is 0 Å². The largest absolute Gasteiger partial charge is 0.495 e. The molecule has 2 rings (SSSR count). The summed E-state index contributed by atoms with van der Waals surface area (Å²) in [7, 11) is 1.56. The Bertz CT molecular complexity index is 623. The topological polar surface area (TPSA) is 66.5 Å². The van der Waals surface area contributed by atoms with Crippen molar-refractivity contribution in [2.45, 2.75) is 26.4 Å². The monoisotopic (exact) mass is 262 g/mol. The van der Waals surface area contributed by atoms with Gasteiger partial charge in [0.2, 0.25) is 0 Å². The highest BCUT2D eigenvalue weighted by Crippen LogP contribution is 2.28. The second-order valence-corrected chi connectivity index (χ2v) is 5.37. The Kier molecular flexibility index (Phi) is 3.14. The van der Waals surface area contributed by atoms with E-state index in [0.717, 1.165) is 10.8 Å². The molecule has 0 aliphatic carbocycles. The fraction of sp³-hybridized carbons (Fsp3) is 0.357. The molecule has 0 saturated carbocycles. The minimum Gasteiger partial charge on any atom is -0.495 e. The van der Waals surface area contributed by atoms with E-state index >= 15 is 0 Å². The van der Waals surface area contributed by atoms with Crippen LogP contribution >= 0.6 is 0 Å². The molecule has 19 heavy (non-hydrogen) atoms. The minimum atomic E-state index is -0.524. The number of aromatic nitrogens is 1. The number of nitrogen functional groups attached to an aromatic ring is 1. The second-order valence-electron chi connectivity index (χ2n) is 5.37. The number of fused-ring (bicyclic) bond motifs is 1. The van der Waals surface area contributed by atoms with Crippen LogP contribution in [0.5, 0.6) is 5.75 Å². The van der Waals surface area contributed by atoms with E-state index in [9.17, 15) is 4.79 Å². The van der Waals surface area contributed by atoms with Crippen LogP contribution in [0.2, 0.25) is 0 Å². The molecule has 0 fully saturated rings. The summed E-state index contributed by atoms with van der Waals surface area (Å²) in [5.74, 6) is 0.592. The Morgan fingerprint density at radius 2 is 1.79 bits per heavy atom. The molecule has 0 bridgehead atoms. The van der Waals surface area contributed by atoms with Gasteiger partial charge in [0.05, 0.1) is 12.8 Å². The summed E-state index contributed by atoms with van der Waals surface area (Å²) in [6.07, 6.45) is 2.98. The number of methoxy groups -OCH3 is 1. The Hall–Kier alpha value is -2.17. The molecule has 0 atom stereocenters. The quantitative estimate of drug-likeness (QED) is 0.802. The molecular formula is C14H18N2O3. The first-order chi connectivity index (χ1) is 8.80. The van der Waals surface area contributed by atoms with Gasteiger partial charge in [-0.25, -0.2) is 4.79 Å². The fourth-order valence-electron chi connectivity index (χ4n) is 1.79. The van der Waals surface area contributed by atoms with Crippen molar-refractivity contribution in [3.63, 3.8) is 0 Å². The van der Waals surface area contributed by atoms with Crippen molar-refractivity contribution in [3.05, 3.63) is 24.5 Å². The Balaban J connectivity index is 2.39. The van der Waals surface area contributed by atoms with Gasteiger partial charge < -0.3 is 15.2 Å². The number of hydrogen-bond acceptors (Lipinski definition) is 4. The van der Waals surface area contributed by atoms with E-state index in [1.807, 2.05) is 20.8 Å². The summed E-state index contributed by atoms with van der Waals surface area (Å²) in [6, 6.07) is 3.57. The van der Waals surface area contributed by atoms with Crippen LogP contribution in [0.3, 0.4) is 0 Å². The number of nitrogens with two attached hydrogens (primary N) is 1. The number of ether oxygens (including phenoxy) is 2. The lowest BCUT2D eigenvalue weighted by Gasteiger charge is -2.19. The van der Waals surface area contributed by atoms with Crippen LogP contribution in [0.4, 0.5) is 10.5 Å². The first-order valence-electron chi connectivity index (χ1n) is 5.99. The lowest BCUT2D eigenvalue weighted by molar-refractivity contribution is 0.0538. The highest BCUT2D eigenvalue weighted by Gasteiger charge is 2.18. The van der Waals surface area contributed by atoms with Gasteiger partial charge in [-0.05, 0) is 32.9 Å². The Labute approximate surface area is 111 Å². The summed E-state index contributed by atoms with van der Waals surface area (Å²) < 4.78 is 11.9. The zero-order chi connectivity index (χ0) is 14.2. The van der Waals surface area contributed by atoms with Crippen LogP contribution in [0, 0.1) is 0 Å². The summed E-state index contributed by atoms with van der Waals surface area (Å²) in [6.45, 7) is 5.49. The number of nitrogens with zero attached hydrogens (tertiary/aromatic N) is 1. The number of carbonyl (C=O) groups excluding carboxylic acids is 1. The standard InChI is InChI=1S/C14H18N2O3/c1-14(2,3)19-13(17)16-7-9-5-11(15)12(18-4)6-10(9)8-16/h5-8H,15H2,1-4H3. The molecule has 0 amide bonds. The molecule has 102 valence electrons. The molecule has 1 aromatic heterocycles. The SMILES string of the molecule is COc1cc2cn(C(=O)OC(C)(C)C)cc2cc1N. The third-order valence-corrected chi connectivity index (χ3v) is 2.60. The van der Waals surface area contributed by atoms with Crippen LogP contribution in [0.15, 0.2) is 24.5 Å². The van der Waals surface area contributed by atoms with Crippen molar-refractivity contribution in [1.29, 1.82) is 0 Å². The van der Waals surface area contributed by atoms with Crippen molar-refractivity contribution in [1.82, 2.24) is 4.57 Å². The summed E-state index contributed by atoms with van der Waals surface area (Å²) in [5.41, 5.74) is 5.85. The van der Waals surface area contributed by atoms with Gasteiger partial charge in [0.25, 0.3) is 0 Å². The van der Waals surface area contributed by atoms with Crippen molar-refractivity contribution in [3.8, 4) is 5.75 Å². The van der Waals surface area contributed by atoms with Gasteiger partial charge in [-0.15, -0.1) is 0 Å². The third-order valence-electron chi connectivity index (χ3n) is 2.60. The lowest BCUT2D eigenvalue weighted by Crippen LogP contribution is -2.26. The molecule has 2 N–H and O–H groups in total. The summed E-state index contributed by atoms with van der Waals surface area (Å²) in [5, 5.41) is 1.74. The van der Waals surface area contributed by atoms with Crippen LogP contribution in [0.1, 0.15) is 20.8 Å². The Morgan fingerprint density at radius 3 is 2.32 bits per heavy atom. The van der Waals surface area contributed by atoms with Crippen molar-refractivity contribution in [2.75, 3.05) is 12.8 Å². The third kappa shape index (κ3) is 2.81. The molecule has 0 aliphatic heterocycles. The zero-order valence-corrected chi connectivity index (χ0v) is 11.6. The average Bonchev–Trinajstić information content (AvgIpc) is 2.68. The maximum atomic E-state index is 11.9. The van der Waals surface area contributed by atoms with Gasteiger partial charge >= 0.3 is 6.09 Å². The fourth-order valence-corrected chi connectivity index (χ4v) is 1.79. The first kappa shape index (κ1) is 13.3. The van der Waals surface area contributed by atoms with Crippen molar-refractivity contribution in [2.24, 2.45) is 0 Å². The van der Waals surface area contributed by atoms with E-state index in [1.54, 1.807) is 31.6 Å². The van der Waals surface area contributed by atoms with Crippen molar-refractivity contribution < 1.29 is 14.3 Å². The number of hydrogen-bond donors (Lipinski definition) is 1. The highest BCUT2D eigenvalue weighted by molar-refractivity contribution is 5.91. The van der Waals surface area contributed by atoms with Crippen molar-refractivity contribution >= 4 is 22.6 Å². The highest BCUT2D eigenvalue weighted by atomic mass is 16.6. The van der Waals surface area contributed by atoms with Gasteiger partial charge in [0, 0.05) is 23.2 Å². The van der Waals surface area contributed by atoms with Crippen LogP contribution in [-0.2, 0) is 4.74 Å². The number of carbonyl (C=O) groups is 1. The Morgan fingerprint density at radius 1 is 1.21 bits per heavy atom. The van der Waals surface area contributed by atoms with E-state index in [2.05, 4.69) is 0 Å². The normalized spacial score (nSPS) is 11.6. The van der Waals surface area contributed by atoms with Gasteiger partial charge in [0.15, 0.2) is 0 Å². The molecule has 1 aromatic carbocycles. The maximum Gasteiger partial charge on any atom is 0.418 e. The molecule has 0 radical (unpaired) electrons. The molecule has 2 aromatic rings. The van der Waals surface area contributed by atoms with E-state index in [0.29, 0.717) is 11.4 Å². The molecular weight excluding hydrogens is 244 g/mol. The minimum absolute atomic E-state index is 0.416. The molecule has 5 nitrogen and oxygen atoms in total. The summed E-state index contributed by atoms with van der Waals surface area (Å²) in [4.78, 5) is 11.9. The van der Waals surface area contributed by atoms with Crippen LogP contribution < -0.4 is 10.5 Å². The van der Waals surface area contributed by atoms with E-state index < -0.39 is 11.7 Å². The van der Waals surface area contributed by atoms with E-state index in [1.165, 1.54) is 4.57 Å².